The zero-order valence-corrected chi connectivity index (χ0v) is 16.2. The summed E-state index contributed by atoms with van der Waals surface area (Å²) in [5.41, 5.74) is 5.08. The molecule has 5 rings (SSSR count). The molecule has 3 heterocycles. The molecule has 1 saturated heterocycles. The van der Waals surface area contributed by atoms with Gasteiger partial charge in [-0.05, 0) is 30.5 Å². The van der Waals surface area contributed by atoms with E-state index in [1.54, 1.807) is 0 Å². The van der Waals surface area contributed by atoms with Crippen molar-refractivity contribution in [3.63, 3.8) is 0 Å². The molecule has 0 saturated carbocycles. The topological polar surface area (TPSA) is 66.5 Å². The molecule has 2 aliphatic heterocycles. The van der Waals surface area contributed by atoms with Crippen LogP contribution in [0.15, 0.2) is 48.9 Å². The molecule has 0 unspecified atom stereocenters. The van der Waals surface area contributed by atoms with Gasteiger partial charge in [0.05, 0.1) is 35.9 Å². The molecule has 1 aromatic heterocycles. The summed E-state index contributed by atoms with van der Waals surface area (Å²) in [7, 11) is 0. The molecule has 6 heteroatoms. The zero-order chi connectivity index (χ0) is 19.6. The first-order valence-corrected chi connectivity index (χ1v) is 10.1. The van der Waals surface area contributed by atoms with Crippen LogP contribution in [0.1, 0.15) is 36.1 Å². The van der Waals surface area contributed by atoms with Crippen LogP contribution in [0.2, 0.25) is 0 Å². The third-order valence-electron chi connectivity index (χ3n) is 5.72. The van der Waals surface area contributed by atoms with E-state index in [1.165, 1.54) is 0 Å². The molecule has 2 aromatic carbocycles. The van der Waals surface area contributed by atoms with Crippen molar-refractivity contribution in [2.24, 2.45) is 0 Å². The van der Waals surface area contributed by atoms with Gasteiger partial charge in [0.2, 0.25) is 0 Å². The third-order valence-corrected chi connectivity index (χ3v) is 5.72. The van der Waals surface area contributed by atoms with Crippen LogP contribution in [0, 0.1) is 11.3 Å². The predicted molar refractivity (Wildman–Crippen MR) is 112 cm³/mol. The molecule has 0 amide bonds. The highest BCUT2D eigenvalue weighted by Gasteiger charge is 2.24. The van der Waals surface area contributed by atoms with Gasteiger partial charge in [-0.2, -0.15) is 11.5 Å². The number of nitrogens with zero attached hydrogens (tertiary/aromatic N) is 5. The number of rotatable bonds is 4. The second kappa shape index (κ2) is 7.61. The monoisotopic (exact) mass is 384 g/mol. The van der Waals surface area contributed by atoms with Crippen LogP contribution in [0.25, 0.3) is 16.3 Å². The number of benzene rings is 2. The van der Waals surface area contributed by atoms with Crippen molar-refractivity contribution in [3.8, 4) is 6.07 Å². The van der Waals surface area contributed by atoms with Gasteiger partial charge < -0.3 is 19.9 Å². The Kier molecular flexibility index (Phi) is 4.66. The highest BCUT2D eigenvalue weighted by atomic mass is 16.5. The summed E-state index contributed by atoms with van der Waals surface area (Å²) in [4.78, 5) is 0. The van der Waals surface area contributed by atoms with Crippen LogP contribution < -0.4 is 10.1 Å². The Bertz CT molecular complexity index is 1110. The minimum Gasteiger partial charge on any atom is -0.581 e. The van der Waals surface area contributed by atoms with Gasteiger partial charge in [0.1, 0.15) is 0 Å². The Hall–Kier alpha value is -3.30. The largest absolute Gasteiger partial charge is 0.581 e. The second-order valence-electron chi connectivity index (χ2n) is 7.49. The smallest absolute Gasteiger partial charge is 0.0998 e. The van der Waals surface area contributed by atoms with Crippen molar-refractivity contribution in [2.75, 3.05) is 24.7 Å². The van der Waals surface area contributed by atoms with E-state index in [0.717, 1.165) is 72.2 Å². The van der Waals surface area contributed by atoms with Crippen LogP contribution >= 0.6 is 0 Å². The number of aromatic nitrogens is 2. The molecule has 1 fully saturated rings. The predicted octanol–water partition coefficient (Wildman–Crippen LogP) is 3.84. The van der Waals surface area contributed by atoms with Crippen LogP contribution in [0.3, 0.4) is 0 Å². The summed E-state index contributed by atoms with van der Waals surface area (Å²) in [6, 6.07) is 14.5. The van der Waals surface area contributed by atoms with Crippen molar-refractivity contribution >= 4 is 22.0 Å². The number of fused-ring (bicyclic) bond motifs is 1. The fourth-order valence-electron chi connectivity index (χ4n) is 4.29. The normalized spacial score (nSPS) is 17.2. The highest BCUT2D eigenvalue weighted by molar-refractivity contribution is 5.97. The summed E-state index contributed by atoms with van der Waals surface area (Å²) in [5.74, 6) is 0. The van der Waals surface area contributed by atoms with Crippen molar-refractivity contribution < 1.29 is 4.74 Å². The number of ether oxygens (including phenoxy) is 1. The summed E-state index contributed by atoms with van der Waals surface area (Å²) >= 11 is 0. The Morgan fingerprint density at radius 2 is 1.97 bits per heavy atom. The van der Waals surface area contributed by atoms with Gasteiger partial charge in [-0.3, -0.25) is 0 Å². The SMILES string of the molecule is N#Cc1ccc(N2CCCCN2Cc2c[n-]nc2C2=COCC2)c2ccccc12. The van der Waals surface area contributed by atoms with E-state index in [-0.39, 0.29) is 0 Å². The van der Waals surface area contributed by atoms with Gasteiger partial charge in [-0.15, -0.1) is 0 Å². The van der Waals surface area contributed by atoms with Crippen molar-refractivity contribution in [3.05, 3.63) is 65.7 Å². The van der Waals surface area contributed by atoms with Gasteiger partial charge in [-0.25, -0.2) is 5.01 Å². The van der Waals surface area contributed by atoms with Crippen LogP contribution in [-0.2, 0) is 11.3 Å². The maximum Gasteiger partial charge on any atom is 0.0998 e. The fourth-order valence-corrected chi connectivity index (χ4v) is 4.29. The van der Waals surface area contributed by atoms with E-state index in [4.69, 9.17) is 4.74 Å². The van der Waals surface area contributed by atoms with Gasteiger partial charge in [0, 0.05) is 42.4 Å². The summed E-state index contributed by atoms with van der Waals surface area (Å²) in [6.45, 7) is 3.41. The van der Waals surface area contributed by atoms with Gasteiger partial charge in [0.15, 0.2) is 0 Å². The Morgan fingerprint density at radius 3 is 2.79 bits per heavy atom. The van der Waals surface area contributed by atoms with Gasteiger partial charge in [-0.1, -0.05) is 24.3 Å². The first kappa shape index (κ1) is 17.8. The summed E-state index contributed by atoms with van der Waals surface area (Å²) < 4.78 is 5.41. The van der Waals surface area contributed by atoms with E-state index < -0.39 is 0 Å². The minimum atomic E-state index is 0.716. The van der Waals surface area contributed by atoms with Gasteiger partial charge in [0.25, 0.3) is 0 Å². The van der Waals surface area contributed by atoms with E-state index in [0.29, 0.717) is 12.2 Å². The van der Waals surface area contributed by atoms with Crippen LogP contribution in [-0.4, -0.2) is 29.8 Å². The molecule has 0 aliphatic carbocycles. The second-order valence-corrected chi connectivity index (χ2v) is 7.49. The Labute approximate surface area is 170 Å². The average Bonchev–Trinajstić information content (AvgIpc) is 3.45. The minimum absolute atomic E-state index is 0.716. The average molecular weight is 384 g/mol. The molecule has 29 heavy (non-hydrogen) atoms. The molecule has 0 atom stereocenters. The maximum absolute atomic E-state index is 9.49. The lowest BCUT2D eigenvalue weighted by Gasteiger charge is -2.41. The molecule has 0 spiro atoms. The van der Waals surface area contributed by atoms with Crippen LogP contribution in [0.5, 0.6) is 0 Å². The molecule has 2 aliphatic rings. The van der Waals surface area contributed by atoms with E-state index >= 15 is 0 Å². The van der Waals surface area contributed by atoms with E-state index in [2.05, 4.69) is 38.4 Å². The Morgan fingerprint density at radius 1 is 1.10 bits per heavy atom. The first-order chi connectivity index (χ1) is 14.3. The fraction of sp³-hybridized carbons (Fsp3) is 0.304. The van der Waals surface area contributed by atoms with E-state index in [9.17, 15) is 5.26 Å². The van der Waals surface area contributed by atoms with Crippen molar-refractivity contribution in [1.29, 1.82) is 5.26 Å². The maximum atomic E-state index is 9.49. The lowest BCUT2D eigenvalue weighted by molar-refractivity contribution is 0.205. The molecule has 3 aromatic rings. The first-order valence-electron chi connectivity index (χ1n) is 10.1. The molecule has 0 N–H and O–H groups in total. The Balaban J connectivity index is 1.50. The third kappa shape index (κ3) is 3.24. The van der Waals surface area contributed by atoms with Crippen molar-refractivity contribution in [2.45, 2.75) is 25.8 Å². The van der Waals surface area contributed by atoms with Crippen LogP contribution in [0.4, 0.5) is 5.69 Å². The lowest BCUT2D eigenvalue weighted by atomic mass is 10.0. The summed E-state index contributed by atoms with van der Waals surface area (Å²) in [5, 5.41) is 24.9. The molecule has 6 nitrogen and oxygen atoms in total. The number of hydrazine groups is 1. The molecular weight excluding hydrogens is 362 g/mol. The number of hydrogen-bond acceptors (Lipinski definition) is 5. The zero-order valence-electron chi connectivity index (χ0n) is 16.2. The molecular formula is C23H22N5O-. The standard InChI is InChI=1S/C23H22N5O/c24-13-17-7-8-22(21-6-2-1-5-20(17)21)28-11-4-3-10-27(28)15-19-14-25-26-23(19)18-9-12-29-16-18/h1-2,5-8,14,16H,3-4,9-12,15H2/q-1. The molecule has 0 radical (unpaired) electrons. The lowest BCUT2D eigenvalue weighted by Crippen LogP contribution is -2.47. The molecule has 0 bridgehead atoms. The van der Waals surface area contributed by atoms with Crippen molar-refractivity contribution in [1.82, 2.24) is 15.2 Å². The van der Waals surface area contributed by atoms with Gasteiger partial charge >= 0.3 is 0 Å². The number of nitriles is 1. The summed E-state index contributed by atoms with van der Waals surface area (Å²) in [6.07, 6.45) is 6.88. The number of anilines is 1. The quantitative estimate of drug-likeness (QED) is 0.681. The number of hydrogen-bond donors (Lipinski definition) is 0. The van der Waals surface area contributed by atoms with E-state index in [1.807, 2.05) is 36.7 Å². The highest BCUT2D eigenvalue weighted by Crippen LogP contribution is 2.33. The molecule has 146 valence electrons.